The Hall–Kier alpha value is -2.50. The predicted octanol–water partition coefficient (Wildman–Crippen LogP) is 2.28. The minimum absolute atomic E-state index is 0.117. The van der Waals surface area contributed by atoms with E-state index in [0.29, 0.717) is 12.1 Å². The molecule has 1 heterocycles. The molecular weight excluding hydrogens is 384 g/mol. The fourth-order valence-corrected chi connectivity index (χ4v) is 2.52. The molecule has 1 aliphatic heterocycles. The second-order valence-corrected chi connectivity index (χ2v) is 5.85. The van der Waals surface area contributed by atoms with Gasteiger partial charge in [0.1, 0.15) is 6.54 Å². The topological polar surface area (TPSA) is 84.7 Å². The number of hydrogen-bond acceptors (Lipinski definition) is 3. The summed E-state index contributed by atoms with van der Waals surface area (Å²) in [6.07, 6.45) is -9.67. The molecule has 3 amide bonds. The lowest BCUT2D eigenvalue weighted by Crippen LogP contribution is -2.52. The van der Waals surface area contributed by atoms with Crippen LogP contribution in [-0.4, -0.2) is 43.9 Å². The van der Waals surface area contributed by atoms with Gasteiger partial charge in [0, 0.05) is 5.69 Å². The fraction of sp³-hybridized carbons (Fsp3) is 0.467. The van der Waals surface area contributed by atoms with Crippen molar-refractivity contribution in [1.29, 1.82) is 0 Å². The lowest BCUT2D eigenvalue weighted by molar-refractivity contribution is -0.137. The maximum atomic E-state index is 12.9. The van der Waals surface area contributed by atoms with Gasteiger partial charge in [0.2, 0.25) is 5.91 Å². The van der Waals surface area contributed by atoms with Crippen molar-refractivity contribution in [2.45, 2.75) is 18.4 Å². The highest BCUT2D eigenvalue weighted by atomic mass is 19.4. The number of ether oxygens (including phenoxy) is 1. The Kier molecular flexibility index (Phi) is 5.88. The molecule has 12 heteroatoms. The van der Waals surface area contributed by atoms with Gasteiger partial charge < -0.3 is 15.8 Å². The molecule has 2 atom stereocenters. The zero-order valence-corrected chi connectivity index (χ0v) is 13.6. The number of urea groups is 1. The van der Waals surface area contributed by atoms with E-state index in [1.165, 1.54) is 0 Å². The quantitative estimate of drug-likeness (QED) is 0.762. The largest absolute Gasteiger partial charge is 0.416 e. The van der Waals surface area contributed by atoms with Crippen LogP contribution >= 0.6 is 0 Å². The summed E-state index contributed by atoms with van der Waals surface area (Å²) >= 11 is 0. The zero-order chi connectivity index (χ0) is 20.4. The summed E-state index contributed by atoms with van der Waals surface area (Å²) in [6.45, 7) is -2.11. The SMILES string of the molecule is NC(=O)[C@@H]1COC[C@@H]1NC(=O)N(CC(F)(F)F)c1cccc(C(F)(F)F)c1. The van der Waals surface area contributed by atoms with E-state index in [4.69, 9.17) is 10.5 Å². The Morgan fingerprint density at radius 1 is 1.19 bits per heavy atom. The van der Waals surface area contributed by atoms with Gasteiger partial charge in [-0.15, -0.1) is 0 Å². The summed E-state index contributed by atoms with van der Waals surface area (Å²) in [4.78, 5) is 23.7. The molecule has 1 saturated heterocycles. The number of primary amides is 1. The average Bonchev–Trinajstić information content (AvgIpc) is 2.99. The molecule has 0 spiro atoms. The number of amides is 3. The van der Waals surface area contributed by atoms with Gasteiger partial charge in [-0.05, 0) is 18.2 Å². The van der Waals surface area contributed by atoms with Gasteiger partial charge in [0.25, 0.3) is 0 Å². The second-order valence-electron chi connectivity index (χ2n) is 5.85. The first kappa shape index (κ1) is 20.8. The monoisotopic (exact) mass is 399 g/mol. The van der Waals surface area contributed by atoms with Crippen molar-refractivity contribution in [3.05, 3.63) is 29.8 Å². The number of nitrogens with zero attached hydrogens (tertiary/aromatic N) is 1. The first-order chi connectivity index (χ1) is 12.4. The third-order valence-electron chi connectivity index (χ3n) is 3.82. The van der Waals surface area contributed by atoms with Crippen molar-refractivity contribution in [3.63, 3.8) is 0 Å². The van der Waals surface area contributed by atoms with Crippen LogP contribution in [0.2, 0.25) is 0 Å². The molecule has 6 nitrogen and oxygen atoms in total. The number of nitrogens with one attached hydrogen (secondary N) is 1. The maximum Gasteiger partial charge on any atom is 0.416 e. The second kappa shape index (κ2) is 7.62. The summed E-state index contributed by atoms with van der Waals surface area (Å²) in [6, 6.07) is 0.616. The summed E-state index contributed by atoms with van der Waals surface area (Å²) in [5, 5.41) is 2.17. The minimum atomic E-state index is -4.87. The van der Waals surface area contributed by atoms with Crippen LogP contribution < -0.4 is 16.0 Å². The Morgan fingerprint density at radius 3 is 2.41 bits per heavy atom. The Balaban J connectivity index is 2.29. The number of carbonyl (C=O) groups is 2. The molecular formula is C15H15F6N3O3. The average molecular weight is 399 g/mol. The number of carbonyl (C=O) groups excluding carboxylic acids is 2. The first-order valence-corrected chi connectivity index (χ1v) is 7.57. The molecule has 1 fully saturated rings. The van der Waals surface area contributed by atoms with Crippen molar-refractivity contribution >= 4 is 17.6 Å². The third-order valence-corrected chi connectivity index (χ3v) is 3.82. The Morgan fingerprint density at radius 2 is 1.85 bits per heavy atom. The molecule has 0 aromatic heterocycles. The van der Waals surface area contributed by atoms with Crippen LogP contribution in [0.1, 0.15) is 5.56 Å². The van der Waals surface area contributed by atoms with Gasteiger partial charge in [-0.2, -0.15) is 26.3 Å². The molecule has 2 rings (SSSR count). The molecule has 0 bridgehead atoms. The molecule has 1 aromatic carbocycles. The zero-order valence-electron chi connectivity index (χ0n) is 13.6. The van der Waals surface area contributed by atoms with Crippen LogP contribution in [0.3, 0.4) is 0 Å². The van der Waals surface area contributed by atoms with Gasteiger partial charge in [-0.25, -0.2) is 4.79 Å². The van der Waals surface area contributed by atoms with E-state index >= 15 is 0 Å². The lowest BCUT2D eigenvalue weighted by atomic mass is 10.0. The Bertz CT molecular complexity index is 707. The van der Waals surface area contributed by atoms with E-state index < -0.39 is 54.0 Å². The summed E-state index contributed by atoms with van der Waals surface area (Å²) in [7, 11) is 0. The van der Waals surface area contributed by atoms with Gasteiger partial charge in [-0.3, -0.25) is 9.69 Å². The fourth-order valence-electron chi connectivity index (χ4n) is 2.52. The molecule has 1 aromatic rings. The normalized spacial score (nSPS) is 20.4. The van der Waals surface area contributed by atoms with E-state index in [-0.39, 0.29) is 18.1 Å². The third kappa shape index (κ3) is 5.49. The minimum Gasteiger partial charge on any atom is -0.378 e. The van der Waals surface area contributed by atoms with Crippen LogP contribution in [-0.2, 0) is 15.7 Å². The first-order valence-electron chi connectivity index (χ1n) is 7.57. The van der Waals surface area contributed by atoms with E-state index in [1.54, 1.807) is 0 Å². The van der Waals surface area contributed by atoms with Gasteiger partial charge in [0.05, 0.1) is 30.7 Å². The number of rotatable bonds is 4. The highest BCUT2D eigenvalue weighted by Gasteiger charge is 2.39. The van der Waals surface area contributed by atoms with Crippen molar-refractivity contribution < 1.29 is 40.7 Å². The number of anilines is 1. The van der Waals surface area contributed by atoms with Crippen molar-refractivity contribution in [2.75, 3.05) is 24.7 Å². The molecule has 0 aliphatic carbocycles. The maximum absolute atomic E-state index is 12.9. The molecule has 0 unspecified atom stereocenters. The number of halogens is 6. The van der Waals surface area contributed by atoms with E-state index in [1.807, 2.05) is 0 Å². The van der Waals surface area contributed by atoms with E-state index in [9.17, 15) is 35.9 Å². The van der Waals surface area contributed by atoms with Crippen molar-refractivity contribution in [1.82, 2.24) is 5.32 Å². The van der Waals surface area contributed by atoms with E-state index in [0.717, 1.165) is 12.1 Å². The van der Waals surface area contributed by atoms with Gasteiger partial charge in [0.15, 0.2) is 0 Å². The lowest BCUT2D eigenvalue weighted by Gasteiger charge is -2.27. The number of hydrogen-bond donors (Lipinski definition) is 2. The number of nitrogens with two attached hydrogens (primary N) is 1. The van der Waals surface area contributed by atoms with Crippen LogP contribution in [0.5, 0.6) is 0 Å². The molecule has 1 aliphatic rings. The molecule has 0 saturated carbocycles. The van der Waals surface area contributed by atoms with Crippen LogP contribution in [0.15, 0.2) is 24.3 Å². The highest BCUT2D eigenvalue weighted by molar-refractivity contribution is 5.93. The highest BCUT2D eigenvalue weighted by Crippen LogP contribution is 2.32. The Labute approximate surface area is 149 Å². The summed E-state index contributed by atoms with van der Waals surface area (Å²) in [5.74, 6) is -1.78. The van der Waals surface area contributed by atoms with E-state index in [2.05, 4.69) is 5.32 Å². The van der Waals surface area contributed by atoms with Crippen LogP contribution in [0, 0.1) is 5.92 Å². The standard InChI is InChI=1S/C15H15F6N3O3/c16-14(17,18)7-24(9-3-1-2-8(4-9)15(19,20)21)13(26)23-11-6-27-5-10(11)12(22)25/h1-4,10-11H,5-7H2,(H2,22,25)(H,23,26)/t10-,11+/m1/s1. The van der Waals surface area contributed by atoms with Gasteiger partial charge >= 0.3 is 18.4 Å². The van der Waals surface area contributed by atoms with Crippen molar-refractivity contribution in [2.24, 2.45) is 11.7 Å². The molecule has 150 valence electrons. The van der Waals surface area contributed by atoms with Crippen LogP contribution in [0.4, 0.5) is 36.8 Å². The predicted molar refractivity (Wildman–Crippen MR) is 80.7 cm³/mol. The van der Waals surface area contributed by atoms with Crippen molar-refractivity contribution in [3.8, 4) is 0 Å². The summed E-state index contributed by atoms with van der Waals surface area (Å²) < 4.78 is 82.0. The smallest absolute Gasteiger partial charge is 0.378 e. The molecule has 27 heavy (non-hydrogen) atoms. The number of benzene rings is 1. The molecule has 3 N–H and O–H groups in total. The summed E-state index contributed by atoms with van der Waals surface area (Å²) in [5.41, 5.74) is 3.32. The molecule has 0 radical (unpaired) electrons. The van der Waals surface area contributed by atoms with Crippen LogP contribution in [0.25, 0.3) is 0 Å². The number of alkyl halides is 6. The van der Waals surface area contributed by atoms with Gasteiger partial charge in [-0.1, -0.05) is 6.07 Å².